The predicted octanol–water partition coefficient (Wildman–Crippen LogP) is 1.82. The third kappa shape index (κ3) is 4.82. The highest BCUT2D eigenvalue weighted by Crippen LogP contribution is 2.18. The van der Waals surface area contributed by atoms with Gasteiger partial charge in [-0.05, 0) is 38.3 Å². The lowest BCUT2D eigenvalue weighted by molar-refractivity contribution is 0.0937. The van der Waals surface area contributed by atoms with Crippen molar-refractivity contribution >= 4 is 17.2 Å². The lowest BCUT2D eigenvalue weighted by Gasteiger charge is -2.25. The van der Waals surface area contributed by atoms with E-state index in [9.17, 15) is 9.18 Å². The van der Waals surface area contributed by atoms with Crippen LogP contribution in [0.1, 0.15) is 27.1 Å². The van der Waals surface area contributed by atoms with Crippen molar-refractivity contribution in [3.8, 4) is 0 Å². The van der Waals surface area contributed by atoms with Crippen LogP contribution in [0, 0.1) is 5.82 Å². The van der Waals surface area contributed by atoms with Crippen molar-refractivity contribution in [1.82, 2.24) is 15.2 Å². The number of carbonyl (C=O) groups is 1. The molecular formula is C16H21FN4OS. The molecule has 0 aliphatic carbocycles. The smallest absolute Gasteiger partial charge is 0.270 e. The minimum Gasteiger partial charge on any atom is -0.349 e. The van der Waals surface area contributed by atoms with Crippen LogP contribution in [0.15, 0.2) is 29.6 Å². The minimum absolute atomic E-state index is 0.114. The lowest BCUT2D eigenvalue weighted by Crippen LogP contribution is -2.34. The van der Waals surface area contributed by atoms with E-state index in [1.165, 1.54) is 23.5 Å². The van der Waals surface area contributed by atoms with Crippen LogP contribution in [0.3, 0.4) is 0 Å². The van der Waals surface area contributed by atoms with E-state index in [4.69, 9.17) is 5.73 Å². The van der Waals surface area contributed by atoms with Gasteiger partial charge in [0.05, 0.1) is 11.0 Å². The van der Waals surface area contributed by atoms with Crippen molar-refractivity contribution in [2.45, 2.75) is 12.5 Å². The van der Waals surface area contributed by atoms with Crippen LogP contribution in [0.2, 0.25) is 0 Å². The van der Waals surface area contributed by atoms with Crippen LogP contribution in [0.4, 0.5) is 4.39 Å². The first-order valence-electron chi connectivity index (χ1n) is 7.36. The van der Waals surface area contributed by atoms with Crippen molar-refractivity contribution < 1.29 is 9.18 Å². The Balaban J connectivity index is 2.02. The van der Waals surface area contributed by atoms with Crippen molar-refractivity contribution in [3.63, 3.8) is 0 Å². The Morgan fingerprint density at radius 3 is 2.91 bits per heavy atom. The number of aromatic nitrogens is 1. The van der Waals surface area contributed by atoms with Gasteiger partial charge in [0, 0.05) is 18.3 Å². The summed E-state index contributed by atoms with van der Waals surface area (Å²) >= 11 is 1.43. The van der Waals surface area contributed by atoms with Gasteiger partial charge in [0.2, 0.25) is 0 Å². The fourth-order valence-corrected chi connectivity index (χ4v) is 3.04. The molecule has 1 aromatic carbocycles. The zero-order chi connectivity index (χ0) is 16.8. The van der Waals surface area contributed by atoms with Gasteiger partial charge >= 0.3 is 0 Å². The fourth-order valence-electron chi connectivity index (χ4n) is 2.25. The molecule has 7 heteroatoms. The molecule has 1 unspecified atom stereocenters. The number of thiazole rings is 1. The number of nitrogens with one attached hydrogen (secondary N) is 1. The van der Waals surface area contributed by atoms with Gasteiger partial charge in [-0.2, -0.15) is 0 Å². The third-order valence-electron chi connectivity index (χ3n) is 3.46. The normalized spacial score (nSPS) is 12.4. The van der Waals surface area contributed by atoms with Gasteiger partial charge < -0.3 is 16.0 Å². The van der Waals surface area contributed by atoms with E-state index < -0.39 is 0 Å². The van der Waals surface area contributed by atoms with Crippen LogP contribution in [0.25, 0.3) is 0 Å². The third-order valence-corrected chi connectivity index (χ3v) is 4.36. The van der Waals surface area contributed by atoms with Gasteiger partial charge in [-0.1, -0.05) is 12.1 Å². The number of nitrogens with two attached hydrogens (primary N) is 1. The Labute approximate surface area is 139 Å². The van der Waals surface area contributed by atoms with Gasteiger partial charge in [0.15, 0.2) is 0 Å². The Kier molecular flexibility index (Phi) is 6.20. The van der Waals surface area contributed by atoms with E-state index in [1.807, 2.05) is 25.1 Å². The number of amides is 1. The molecule has 5 nitrogen and oxygen atoms in total. The van der Waals surface area contributed by atoms with E-state index in [0.29, 0.717) is 25.2 Å². The molecule has 0 spiro atoms. The van der Waals surface area contributed by atoms with E-state index >= 15 is 0 Å². The molecule has 1 heterocycles. The summed E-state index contributed by atoms with van der Waals surface area (Å²) in [6.45, 7) is 0.885. The van der Waals surface area contributed by atoms with Crippen LogP contribution >= 0.6 is 11.3 Å². The number of hydrogen-bond acceptors (Lipinski definition) is 5. The van der Waals surface area contributed by atoms with Gasteiger partial charge in [-0.3, -0.25) is 4.79 Å². The highest BCUT2D eigenvalue weighted by atomic mass is 32.1. The van der Waals surface area contributed by atoms with Crippen LogP contribution in [0.5, 0.6) is 0 Å². The van der Waals surface area contributed by atoms with Gasteiger partial charge in [-0.15, -0.1) is 11.3 Å². The highest BCUT2D eigenvalue weighted by Gasteiger charge is 2.17. The van der Waals surface area contributed by atoms with Crippen molar-refractivity contribution in [1.29, 1.82) is 0 Å². The van der Waals surface area contributed by atoms with Crippen molar-refractivity contribution in [3.05, 3.63) is 51.7 Å². The second-order valence-corrected chi connectivity index (χ2v) is 6.35. The molecule has 2 rings (SSSR count). The molecular weight excluding hydrogens is 315 g/mol. The Morgan fingerprint density at radius 2 is 2.26 bits per heavy atom. The molecule has 2 aromatic rings. The molecule has 23 heavy (non-hydrogen) atoms. The molecule has 124 valence electrons. The first-order valence-corrected chi connectivity index (χ1v) is 8.23. The Morgan fingerprint density at radius 1 is 1.48 bits per heavy atom. The molecule has 0 saturated carbocycles. The van der Waals surface area contributed by atoms with Crippen molar-refractivity contribution in [2.75, 3.05) is 27.2 Å². The summed E-state index contributed by atoms with van der Waals surface area (Å²) in [5, 5.41) is 5.45. The monoisotopic (exact) mass is 336 g/mol. The number of likely N-dealkylation sites (N-methyl/N-ethyl adjacent to an activating group) is 1. The van der Waals surface area contributed by atoms with Gasteiger partial charge in [0.1, 0.15) is 11.5 Å². The second-order valence-electron chi connectivity index (χ2n) is 5.41. The maximum atomic E-state index is 13.4. The van der Waals surface area contributed by atoms with E-state index in [2.05, 4.69) is 10.3 Å². The molecule has 0 aliphatic rings. The maximum absolute atomic E-state index is 13.4. The SMILES string of the molecule is CN(C)C(CNC(=O)c1csc(CCN)n1)c1cccc(F)c1. The van der Waals surface area contributed by atoms with E-state index in [0.717, 1.165) is 10.6 Å². The summed E-state index contributed by atoms with van der Waals surface area (Å²) in [6, 6.07) is 6.30. The summed E-state index contributed by atoms with van der Waals surface area (Å²) in [6.07, 6.45) is 0.668. The second kappa shape index (κ2) is 8.14. The molecule has 0 fully saturated rings. The highest BCUT2D eigenvalue weighted by molar-refractivity contribution is 7.09. The number of hydrogen-bond donors (Lipinski definition) is 2. The van der Waals surface area contributed by atoms with Gasteiger partial charge in [-0.25, -0.2) is 9.37 Å². The summed E-state index contributed by atoms with van der Waals surface area (Å²) in [5.74, 6) is -0.514. The van der Waals surface area contributed by atoms with Crippen LogP contribution in [-0.2, 0) is 6.42 Å². The first-order chi connectivity index (χ1) is 11.0. The quantitative estimate of drug-likeness (QED) is 0.809. The predicted molar refractivity (Wildman–Crippen MR) is 90.0 cm³/mol. The molecule has 1 amide bonds. The Hall–Kier alpha value is -1.83. The first kappa shape index (κ1) is 17.5. The molecule has 0 saturated heterocycles. The van der Waals surface area contributed by atoms with E-state index in [-0.39, 0.29) is 17.8 Å². The average Bonchev–Trinajstić information content (AvgIpc) is 2.96. The summed E-state index contributed by atoms with van der Waals surface area (Å²) in [4.78, 5) is 18.4. The molecule has 1 atom stereocenters. The molecule has 1 aromatic heterocycles. The Bertz CT molecular complexity index is 659. The summed E-state index contributed by atoms with van der Waals surface area (Å²) in [7, 11) is 3.79. The molecule has 0 radical (unpaired) electrons. The molecule has 0 bridgehead atoms. The number of rotatable bonds is 7. The summed E-state index contributed by atoms with van der Waals surface area (Å²) < 4.78 is 13.4. The number of nitrogens with zero attached hydrogens (tertiary/aromatic N) is 2. The zero-order valence-electron chi connectivity index (χ0n) is 13.3. The average molecular weight is 336 g/mol. The topological polar surface area (TPSA) is 71.2 Å². The maximum Gasteiger partial charge on any atom is 0.270 e. The number of benzene rings is 1. The number of halogens is 1. The largest absolute Gasteiger partial charge is 0.349 e. The fraction of sp³-hybridized carbons (Fsp3) is 0.375. The van der Waals surface area contributed by atoms with Crippen molar-refractivity contribution in [2.24, 2.45) is 5.73 Å². The van der Waals surface area contributed by atoms with Crippen LogP contribution in [-0.4, -0.2) is 43.0 Å². The summed E-state index contributed by atoms with van der Waals surface area (Å²) in [5.41, 5.74) is 6.70. The van der Waals surface area contributed by atoms with Crippen LogP contribution < -0.4 is 11.1 Å². The minimum atomic E-state index is -0.286. The lowest BCUT2D eigenvalue weighted by atomic mass is 10.1. The van der Waals surface area contributed by atoms with Gasteiger partial charge in [0.25, 0.3) is 5.91 Å². The van der Waals surface area contributed by atoms with E-state index in [1.54, 1.807) is 11.4 Å². The molecule has 3 N–H and O–H groups in total. The molecule has 0 aliphatic heterocycles. The zero-order valence-corrected chi connectivity index (χ0v) is 14.1. The standard InChI is InChI=1S/C16H21FN4OS/c1-21(2)14(11-4-3-5-12(17)8-11)9-19-16(22)13-10-23-15(20-13)6-7-18/h3-5,8,10,14H,6-7,9,18H2,1-2H3,(H,19,22). The number of carbonyl (C=O) groups excluding carboxylic acids is 1.